The van der Waals surface area contributed by atoms with Crippen molar-refractivity contribution in [3.8, 4) is 0 Å². The van der Waals surface area contributed by atoms with Crippen molar-refractivity contribution in [1.29, 1.82) is 0 Å². The van der Waals surface area contributed by atoms with E-state index in [2.05, 4.69) is 5.10 Å². The van der Waals surface area contributed by atoms with Gasteiger partial charge in [0.1, 0.15) is 5.41 Å². The summed E-state index contributed by atoms with van der Waals surface area (Å²) in [5, 5.41) is 12.7. The van der Waals surface area contributed by atoms with Gasteiger partial charge in [-0.15, -0.1) is 0 Å². The van der Waals surface area contributed by atoms with Gasteiger partial charge in [0.05, 0.1) is 5.69 Å². The molecule has 0 spiro atoms. The SMILES string of the molecule is Cn1nc(C(F)(F)F)cc1C1(C(=O)O)CC1(C)C. The molecular formula is C11H13F3N2O2. The molecule has 7 heteroatoms. The lowest BCUT2D eigenvalue weighted by atomic mass is 9.92. The van der Waals surface area contributed by atoms with E-state index in [0.29, 0.717) is 6.42 Å². The highest BCUT2D eigenvalue weighted by Crippen LogP contribution is 2.64. The second kappa shape index (κ2) is 3.27. The number of halogens is 3. The van der Waals surface area contributed by atoms with E-state index in [-0.39, 0.29) is 5.69 Å². The van der Waals surface area contributed by atoms with Gasteiger partial charge in [-0.05, 0) is 17.9 Å². The third-order valence-corrected chi connectivity index (χ3v) is 3.71. The van der Waals surface area contributed by atoms with Crippen LogP contribution < -0.4 is 0 Å². The molecular weight excluding hydrogens is 249 g/mol. The van der Waals surface area contributed by atoms with E-state index in [0.717, 1.165) is 10.7 Å². The Morgan fingerprint density at radius 3 is 2.28 bits per heavy atom. The highest BCUT2D eigenvalue weighted by molar-refractivity contribution is 5.86. The second-order valence-corrected chi connectivity index (χ2v) is 5.31. The number of aliphatic carboxylic acids is 1. The number of alkyl halides is 3. The Labute approximate surface area is 101 Å². The Bertz CT molecular complexity index is 519. The molecule has 4 nitrogen and oxygen atoms in total. The normalized spacial score (nSPS) is 26.1. The number of hydrogen-bond donors (Lipinski definition) is 1. The zero-order chi connectivity index (χ0) is 13.9. The number of rotatable bonds is 2. The summed E-state index contributed by atoms with van der Waals surface area (Å²) in [5.74, 6) is -1.11. The molecule has 1 saturated carbocycles. The van der Waals surface area contributed by atoms with Gasteiger partial charge in [0.15, 0.2) is 5.69 Å². The van der Waals surface area contributed by atoms with E-state index in [9.17, 15) is 23.1 Å². The van der Waals surface area contributed by atoms with Gasteiger partial charge < -0.3 is 5.11 Å². The molecule has 0 aromatic carbocycles. The molecule has 1 heterocycles. The lowest BCUT2D eigenvalue weighted by molar-refractivity contribution is -0.142. The van der Waals surface area contributed by atoms with Crippen LogP contribution in [-0.4, -0.2) is 20.9 Å². The number of carboxylic acid groups (broad SMARTS) is 1. The number of nitrogens with zero attached hydrogens (tertiary/aromatic N) is 2. The molecule has 0 bridgehead atoms. The average Bonchev–Trinajstić information content (AvgIpc) is 2.56. The van der Waals surface area contributed by atoms with E-state index in [1.54, 1.807) is 13.8 Å². The molecule has 18 heavy (non-hydrogen) atoms. The third-order valence-electron chi connectivity index (χ3n) is 3.71. The summed E-state index contributed by atoms with van der Waals surface area (Å²) in [5.41, 5.74) is -2.77. The molecule has 2 rings (SSSR count). The predicted octanol–water partition coefficient (Wildman–Crippen LogP) is 2.19. The van der Waals surface area contributed by atoms with Crippen molar-refractivity contribution < 1.29 is 23.1 Å². The van der Waals surface area contributed by atoms with Gasteiger partial charge in [-0.25, -0.2) is 0 Å². The summed E-state index contributed by atoms with van der Waals surface area (Å²) in [4.78, 5) is 11.4. The van der Waals surface area contributed by atoms with E-state index >= 15 is 0 Å². The minimum absolute atomic E-state index is 0.104. The highest BCUT2D eigenvalue weighted by Gasteiger charge is 2.69. The van der Waals surface area contributed by atoms with Gasteiger partial charge in [-0.2, -0.15) is 18.3 Å². The molecule has 1 aromatic heterocycles. The van der Waals surface area contributed by atoms with Crippen molar-refractivity contribution in [1.82, 2.24) is 9.78 Å². The largest absolute Gasteiger partial charge is 0.481 e. The number of carbonyl (C=O) groups is 1. The van der Waals surface area contributed by atoms with Crippen molar-refractivity contribution in [3.63, 3.8) is 0 Å². The Hall–Kier alpha value is -1.53. The van der Waals surface area contributed by atoms with Gasteiger partial charge in [0, 0.05) is 7.05 Å². The van der Waals surface area contributed by atoms with Crippen LogP contribution in [-0.2, 0) is 23.4 Å². The number of carboxylic acids is 1. The van der Waals surface area contributed by atoms with Crippen LogP contribution >= 0.6 is 0 Å². The van der Waals surface area contributed by atoms with E-state index in [1.165, 1.54) is 7.05 Å². The molecule has 0 aliphatic heterocycles. The van der Waals surface area contributed by atoms with Gasteiger partial charge in [0.25, 0.3) is 0 Å². The Kier molecular flexibility index (Phi) is 2.35. The van der Waals surface area contributed by atoms with Crippen LogP contribution in [0.2, 0.25) is 0 Å². The summed E-state index contributed by atoms with van der Waals surface area (Å²) in [6, 6.07) is 0.836. The Morgan fingerprint density at radius 1 is 1.50 bits per heavy atom. The van der Waals surface area contributed by atoms with Crippen molar-refractivity contribution >= 4 is 5.97 Å². The minimum Gasteiger partial charge on any atom is -0.481 e. The van der Waals surface area contributed by atoms with Gasteiger partial charge in [-0.3, -0.25) is 9.48 Å². The highest BCUT2D eigenvalue weighted by atomic mass is 19.4. The maximum Gasteiger partial charge on any atom is 0.435 e. The fourth-order valence-corrected chi connectivity index (χ4v) is 2.54. The topological polar surface area (TPSA) is 55.1 Å². The van der Waals surface area contributed by atoms with Crippen molar-refractivity contribution in [2.24, 2.45) is 12.5 Å². The first-order valence-corrected chi connectivity index (χ1v) is 5.37. The number of aryl methyl sites for hydroxylation is 1. The maximum absolute atomic E-state index is 12.6. The minimum atomic E-state index is -4.56. The molecule has 1 aromatic rings. The summed E-state index contributed by atoms with van der Waals surface area (Å²) in [6.45, 7) is 3.45. The van der Waals surface area contributed by atoms with Crippen LogP contribution in [0.3, 0.4) is 0 Å². The maximum atomic E-state index is 12.6. The lowest BCUT2D eigenvalue weighted by Crippen LogP contribution is -2.28. The molecule has 0 saturated heterocycles. The molecule has 1 aliphatic rings. The van der Waals surface area contributed by atoms with Crippen LogP contribution in [0.1, 0.15) is 31.7 Å². The summed E-state index contributed by atoms with van der Waals surface area (Å²) in [7, 11) is 1.34. The van der Waals surface area contributed by atoms with Crippen LogP contribution in [0, 0.1) is 5.41 Å². The quantitative estimate of drug-likeness (QED) is 0.888. The van der Waals surface area contributed by atoms with Crippen molar-refractivity contribution in [2.75, 3.05) is 0 Å². The van der Waals surface area contributed by atoms with E-state index < -0.39 is 28.7 Å². The molecule has 0 radical (unpaired) electrons. The summed E-state index contributed by atoms with van der Waals surface area (Å²) >= 11 is 0. The molecule has 1 atom stereocenters. The van der Waals surface area contributed by atoms with Crippen LogP contribution in [0.15, 0.2) is 6.07 Å². The van der Waals surface area contributed by atoms with Crippen LogP contribution in [0.4, 0.5) is 13.2 Å². The lowest BCUT2D eigenvalue weighted by Gasteiger charge is -2.15. The third kappa shape index (κ3) is 1.53. The molecule has 1 aliphatic carbocycles. The van der Waals surface area contributed by atoms with Gasteiger partial charge in [0.2, 0.25) is 0 Å². The van der Waals surface area contributed by atoms with Crippen molar-refractivity contribution in [3.05, 3.63) is 17.5 Å². The van der Waals surface area contributed by atoms with Crippen molar-refractivity contribution in [2.45, 2.75) is 31.9 Å². The molecule has 100 valence electrons. The smallest absolute Gasteiger partial charge is 0.435 e. The Balaban J connectivity index is 2.53. The number of hydrogen-bond acceptors (Lipinski definition) is 2. The molecule has 1 unspecified atom stereocenters. The summed E-state index contributed by atoms with van der Waals surface area (Å²) < 4.78 is 38.7. The first-order valence-electron chi connectivity index (χ1n) is 5.37. The zero-order valence-corrected chi connectivity index (χ0v) is 10.2. The summed E-state index contributed by atoms with van der Waals surface area (Å²) in [6.07, 6.45) is -4.25. The van der Waals surface area contributed by atoms with E-state index in [1.807, 2.05) is 0 Å². The monoisotopic (exact) mass is 262 g/mol. The number of aromatic nitrogens is 2. The predicted molar refractivity (Wildman–Crippen MR) is 55.9 cm³/mol. The standard InChI is InChI=1S/C11H13F3N2O2/c1-9(2)5-10(9,8(17)18)7-4-6(11(12,13)14)15-16(7)3/h4H,5H2,1-3H3,(H,17,18). The van der Waals surface area contributed by atoms with Crippen LogP contribution in [0.25, 0.3) is 0 Å². The fraction of sp³-hybridized carbons (Fsp3) is 0.636. The average molecular weight is 262 g/mol. The first-order chi connectivity index (χ1) is 8.02. The zero-order valence-electron chi connectivity index (χ0n) is 10.2. The fourth-order valence-electron chi connectivity index (χ4n) is 2.54. The second-order valence-electron chi connectivity index (χ2n) is 5.31. The van der Waals surface area contributed by atoms with E-state index in [4.69, 9.17) is 0 Å². The Morgan fingerprint density at radius 2 is 2.00 bits per heavy atom. The molecule has 1 fully saturated rings. The van der Waals surface area contributed by atoms with Crippen LogP contribution in [0.5, 0.6) is 0 Å². The first kappa shape index (κ1) is 12.9. The molecule has 0 amide bonds. The van der Waals surface area contributed by atoms with Gasteiger partial charge >= 0.3 is 12.1 Å². The van der Waals surface area contributed by atoms with Gasteiger partial charge in [-0.1, -0.05) is 13.8 Å². The molecule has 1 N–H and O–H groups in total.